The van der Waals surface area contributed by atoms with Gasteiger partial charge in [0.2, 0.25) is 0 Å². The van der Waals surface area contributed by atoms with Crippen LogP contribution in [-0.4, -0.2) is 47.8 Å². The van der Waals surface area contributed by atoms with E-state index in [0.29, 0.717) is 17.9 Å². The third-order valence-corrected chi connectivity index (χ3v) is 8.18. The molecule has 0 saturated heterocycles. The molecule has 0 amide bonds. The standard InChI is InChI=1S/C35H46NO9P/c1-34(2,3)27-20-26(21-28(22-27)35(4,5)6)24-12-15-29(16-13-24)45-31-11-8-7-10-25(31)14-17-32(37)42-18-9-19-43-46(40,41)44-23-30(36)33(38)39/h7-8,10-13,15-16,20-22,30H,9,14,17-19,23,36H2,1-6H3,(H,38,39)(H,40,41)/t30-/m0/s1. The zero-order valence-electron chi connectivity index (χ0n) is 27.4. The molecular formula is C35H46NO9P. The van der Waals surface area contributed by atoms with Crippen LogP contribution in [0.15, 0.2) is 66.7 Å². The number of aryl methyl sites for hydroxylation is 1. The molecular weight excluding hydrogens is 609 g/mol. The Hall–Kier alpha value is -3.53. The second kappa shape index (κ2) is 15.8. The minimum Gasteiger partial charge on any atom is -0.480 e. The molecule has 0 spiro atoms. The van der Waals surface area contributed by atoms with Crippen LogP contribution < -0.4 is 10.5 Å². The number of carboxylic acids is 1. The average Bonchev–Trinajstić information content (AvgIpc) is 2.98. The van der Waals surface area contributed by atoms with Gasteiger partial charge in [0.25, 0.3) is 0 Å². The number of rotatable bonds is 15. The molecule has 250 valence electrons. The van der Waals surface area contributed by atoms with E-state index in [4.69, 9.17) is 24.8 Å². The molecule has 0 aliphatic carbocycles. The Morgan fingerprint density at radius 3 is 2.04 bits per heavy atom. The van der Waals surface area contributed by atoms with Gasteiger partial charge >= 0.3 is 19.8 Å². The zero-order valence-corrected chi connectivity index (χ0v) is 28.3. The van der Waals surface area contributed by atoms with Crippen molar-refractivity contribution < 1.29 is 42.7 Å². The monoisotopic (exact) mass is 655 g/mol. The molecule has 0 saturated carbocycles. The molecule has 46 heavy (non-hydrogen) atoms. The van der Waals surface area contributed by atoms with E-state index in [0.717, 1.165) is 16.7 Å². The van der Waals surface area contributed by atoms with Crippen molar-refractivity contribution >= 4 is 19.8 Å². The predicted octanol–water partition coefficient (Wildman–Crippen LogP) is 7.15. The van der Waals surface area contributed by atoms with Gasteiger partial charge in [0.1, 0.15) is 17.5 Å². The molecule has 4 N–H and O–H groups in total. The van der Waals surface area contributed by atoms with E-state index in [-0.39, 0.29) is 36.9 Å². The van der Waals surface area contributed by atoms with E-state index in [1.54, 1.807) is 0 Å². The maximum Gasteiger partial charge on any atom is 0.472 e. The van der Waals surface area contributed by atoms with Gasteiger partial charge in [0.05, 0.1) is 19.8 Å². The Bertz CT molecular complexity index is 1490. The van der Waals surface area contributed by atoms with Gasteiger partial charge in [-0.2, -0.15) is 0 Å². The summed E-state index contributed by atoms with van der Waals surface area (Å²) < 4.78 is 32.5. The first-order chi connectivity index (χ1) is 21.4. The van der Waals surface area contributed by atoms with Crippen molar-refractivity contribution in [2.75, 3.05) is 19.8 Å². The summed E-state index contributed by atoms with van der Waals surface area (Å²) >= 11 is 0. The van der Waals surface area contributed by atoms with Gasteiger partial charge in [-0.05, 0) is 63.3 Å². The van der Waals surface area contributed by atoms with E-state index in [1.807, 2.05) is 36.4 Å². The van der Waals surface area contributed by atoms with Crippen LogP contribution in [0, 0.1) is 0 Å². The lowest BCUT2D eigenvalue weighted by atomic mass is 9.79. The van der Waals surface area contributed by atoms with Crippen molar-refractivity contribution in [2.45, 2.75) is 77.7 Å². The number of carbonyl (C=O) groups excluding carboxylic acids is 1. The largest absolute Gasteiger partial charge is 0.480 e. The second-order valence-electron chi connectivity index (χ2n) is 13.1. The fourth-order valence-corrected chi connectivity index (χ4v) is 5.11. The third kappa shape index (κ3) is 11.7. The highest BCUT2D eigenvalue weighted by Gasteiger charge is 2.24. The number of phosphoric ester groups is 1. The number of esters is 1. The molecule has 3 rings (SSSR count). The highest BCUT2D eigenvalue weighted by Crippen LogP contribution is 2.43. The molecule has 3 aromatic carbocycles. The van der Waals surface area contributed by atoms with Crippen LogP contribution in [0.5, 0.6) is 11.5 Å². The number of hydrogen-bond donors (Lipinski definition) is 3. The fraction of sp³-hybridized carbons (Fsp3) is 0.429. The van der Waals surface area contributed by atoms with E-state index in [2.05, 4.69) is 76.4 Å². The zero-order chi connectivity index (χ0) is 34.1. The smallest absolute Gasteiger partial charge is 0.472 e. The van der Waals surface area contributed by atoms with Gasteiger partial charge < -0.3 is 25.2 Å². The molecule has 11 heteroatoms. The summed E-state index contributed by atoms with van der Waals surface area (Å²) in [5.74, 6) is -0.496. The molecule has 0 aromatic heterocycles. The van der Waals surface area contributed by atoms with Crippen LogP contribution >= 0.6 is 7.82 Å². The first-order valence-corrected chi connectivity index (χ1v) is 16.7. The molecule has 1 unspecified atom stereocenters. The van der Waals surface area contributed by atoms with Crippen molar-refractivity contribution in [3.63, 3.8) is 0 Å². The van der Waals surface area contributed by atoms with Crippen LogP contribution in [0.4, 0.5) is 0 Å². The Balaban J connectivity index is 1.54. The van der Waals surface area contributed by atoms with Gasteiger partial charge in [-0.3, -0.25) is 18.6 Å². The van der Waals surface area contributed by atoms with Crippen molar-refractivity contribution in [2.24, 2.45) is 5.73 Å². The fourth-order valence-electron chi connectivity index (χ4n) is 4.33. The maximum absolute atomic E-state index is 12.3. The van der Waals surface area contributed by atoms with Gasteiger partial charge in [-0.1, -0.05) is 90.1 Å². The number of nitrogens with two attached hydrogens (primary N) is 1. The highest BCUT2D eigenvalue weighted by atomic mass is 31.2. The number of aliphatic carboxylic acids is 1. The van der Waals surface area contributed by atoms with Crippen molar-refractivity contribution in [1.82, 2.24) is 0 Å². The molecule has 0 aliphatic rings. The van der Waals surface area contributed by atoms with Crippen LogP contribution in [0.3, 0.4) is 0 Å². The Kier molecular flexibility index (Phi) is 12.7. The Morgan fingerprint density at radius 2 is 1.46 bits per heavy atom. The van der Waals surface area contributed by atoms with Crippen molar-refractivity contribution in [3.05, 3.63) is 83.4 Å². The van der Waals surface area contributed by atoms with Gasteiger partial charge in [-0.15, -0.1) is 0 Å². The first kappa shape index (κ1) is 36.9. The lowest BCUT2D eigenvalue weighted by Crippen LogP contribution is -2.34. The molecule has 2 atom stereocenters. The summed E-state index contributed by atoms with van der Waals surface area (Å²) in [6, 6.07) is 20.9. The van der Waals surface area contributed by atoms with E-state index >= 15 is 0 Å². The van der Waals surface area contributed by atoms with Crippen molar-refractivity contribution in [3.8, 4) is 22.6 Å². The molecule has 10 nitrogen and oxygen atoms in total. The van der Waals surface area contributed by atoms with E-state index in [9.17, 15) is 19.0 Å². The summed E-state index contributed by atoms with van der Waals surface area (Å²) in [6.45, 7) is 12.4. The second-order valence-corrected chi connectivity index (χ2v) is 14.6. The number of ether oxygens (including phenoxy) is 2. The van der Waals surface area contributed by atoms with Crippen LogP contribution in [0.1, 0.15) is 71.1 Å². The minimum atomic E-state index is -4.47. The topological polar surface area (TPSA) is 155 Å². The number of carboxylic acid groups (broad SMARTS) is 1. The predicted molar refractivity (Wildman–Crippen MR) is 177 cm³/mol. The lowest BCUT2D eigenvalue weighted by Gasteiger charge is -2.26. The van der Waals surface area contributed by atoms with Crippen molar-refractivity contribution in [1.29, 1.82) is 0 Å². The number of carbonyl (C=O) groups is 2. The van der Waals surface area contributed by atoms with Gasteiger partial charge in [0, 0.05) is 12.8 Å². The van der Waals surface area contributed by atoms with Crippen LogP contribution in [0.2, 0.25) is 0 Å². The summed E-state index contributed by atoms with van der Waals surface area (Å²) in [5.41, 5.74) is 11.0. The molecule has 0 radical (unpaired) electrons. The SMILES string of the molecule is CC(C)(C)c1cc(-c2ccc(Oc3ccccc3CCC(=O)OCCCOP(=O)(O)OC[C@H](N)C(=O)O)cc2)cc(C(C)(C)C)c1. The number of phosphoric acid groups is 1. The number of benzene rings is 3. The summed E-state index contributed by atoms with van der Waals surface area (Å²) in [6.07, 6.45) is 0.635. The molecule has 0 bridgehead atoms. The minimum absolute atomic E-state index is 0.0197. The van der Waals surface area contributed by atoms with Crippen LogP contribution in [-0.2, 0) is 45.2 Å². The highest BCUT2D eigenvalue weighted by molar-refractivity contribution is 7.47. The van der Waals surface area contributed by atoms with E-state index in [1.165, 1.54) is 11.1 Å². The Morgan fingerprint density at radius 1 is 0.848 bits per heavy atom. The van der Waals surface area contributed by atoms with Gasteiger partial charge in [0.15, 0.2) is 0 Å². The summed E-state index contributed by atoms with van der Waals surface area (Å²) in [4.78, 5) is 32.6. The Labute approximate surface area is 271 Å². The third-order valence-electron chi connectivity index (χ3n) is 7.19. The number of hydrogen-bond acceptors (Lipinski definition) is 8. The molecule has 0 fully saturated rings. The van der Waals surface area contributed by atoms with Gasteiger partial charge in [-0.25, -0.2) is 4.57 Å². The van der Waals surface area contributed by atoms with Crippen LogP contribution in [0.25, 0.3) is 11.1 Å². The summed E-state index contributed by atoms with van der Waals surface area (Å²) in [5, 5.41) is 8.70. The molecule has 0 heterocycles. The average molecular weight is 656 g/mol. The summed E-state index contributed by atoms with van der Waals surface area (Å²) in [7, 11) is -4.47. The quantitative estimate of drug-likeness (QED) is 0.0873. The van der Waals surface area contributed by atoms with E-state index < -0.39 is 32.4 Å². The number of para-hydroxylation sites is 1. The maximum atomic E-state index is 12.3. The lowest BCUT2D eigenvalue weighted by molar-refractivity contribution is -0.143. The molecule has 0 aliphatic heterocycles. The molecule has 3 aromatic rings. The first-order valence-electron chi connectivity index (χ1n) is 15.2. The normalized spacial score (nSPS) is 13.9.